The second-order valence-electron chi connectivity index (χ2n) is 7.62. The number of ether oxygens (including phenoxy) is 1. The van der Waals surface area contributed by atoms with Gasteiger partial charge in [-0.05, 0) is 54.4 Å². The number of halogens is 2. The van der Waals surface area contributed by atoms with Gasteiger partial charge in [0.2, 0.25) is 0 Å². The number of piperazine rings is 1. The lowest BCUT2D eigenvalue weighted by Crippen LogP contribution is -2.48. The molecule has 1 amide bonds. The summed E-state index contributed by atoms with van der Waals surface area (Å²) in [7, 11) is 0. The molecule has 4 rings (SSSR count). The van der Waals surface area contributed by atoms with Crippen molar-refractivity contribution in [2.75, 3.05) is 26.2 Å². The minimum atomic E-state index is -0.0520. The third-order valence-corrected chi connectivity index (χ3v) is 5.77. The first-order valence-electron chi connectivity index (χ1n) is 10.2. The highest BCUT2D eigenvalue weighted by atomic mass is 35.5. The van der Waals surface area contributed by atoms with E-state index in [1.165, 1.54) is 5.56 Å². The second-order valence-corrected chi connectivity index (χ2v) is 8.49. The Kier molecular flexibility index (Phi) is 6.80. The first-order valence-corrected chi connectivity index (χ1v) is 10.9. The average Bonchev–Trinajstić information content (AvgIpc) is 3.22. The number of hydrogen-bond donors (Lipinski definition) is 0. The molecule has 0 spiro atoms. The van der Waals surface area contributed by atoms with Crippen molar-refractivity contribution in [2.24, 2.45) is 0 Å². The van der Waals surface area contributed by atoms with Crippen LogP contribution in [0, 0.1) is 6.92 Å². The molecule has 1 aliphatic rings. The number of aromatic nitrogens is 2. The van der Waals surface area contributed by atoms with Crippen molar-refractivity contribution in [2.45, 2.75) is 20.2 Å². The van der Waals surface area contributed by atoms with E-state index in [2.05, 4.69) is 16.1 Å². The van der Waals surface area contributed by atoms with Gasteiger partial charge in [-0.1, -0.05) is 35.3 Å². The summed E-state index contributed by atoms with van der Waals surface area (Å²) in [6.07, 6.45) is 1.76. The number of hydrogen-bond acceptors (Lipinski definition) is 4. The van der Waals surface area contributed by atoms with Crippen LogP contribution in [-0.4, -0.2) is 51.7 Å². The fourth-order valence-corrected chi connectivity index (χ4v) is 4.06. The smallest absolute Gasteiger partial charge is 0.274 e. The maximum absolute atomic E-state index is 12.8. The standard InChI is InChI=1S/C23H24Cl2N4O2/c1-17-13-20(25)5-6-22(17)31-16-29-8-7-21(26-29)23(30)28-11-9-27(10-12-28)15-18-3-2-4-19(24)14-18/h2-8,13-14H,9-12,15-16H2,1H3. The topological polar surface area (TPSA) is 50.6 Å². The molecular weight excluding hydrogens is 435 g/mol. The van der Waals surface area contributed by atoms with Crippen molar-refractivity contribution >= 4 is 29.1 Å². The molecule has 162 valence electrons. The van der Waals surface area contributed by atoms with Gasteiger partial charge >= 0.3 is 0 Å². The zero-order valence-corrected chi connectivity index (χ0v) is 18.8. The molecule has 0 atom stereocenters. The Labute approximate surface area is 191 Å². The quantitative estimate of drug-likeness (QED) is 0.545. The van der Waals surface area contributed by atoms with E-state index in [0.29, 0.717) is 23.8 Å². The lowest BCUT2D eigenvalue weighted by Gasteiger charge is -2.34. The molecular formula is C23H24Cl2N4O2. The van der Waals surface area contributed by atoms with Gasteiger partial charge in [-0.15, -0.1) is 0 Å². The van der Waals surface area contributed by atoms with Crippen LogP contribution in [0.15, 0.2) is 54.7 Å². The largest absolute Gasteiger partial charge is 0.471 e. The van der Waals surface area contributed by atoms with Gasteiger partial charge in [0.1, 0.15) is 5.75 Å². The monoisotopic (exact) mass is 458 g/mol. The number of carbonyl (C=O) groups is 1. The number of benzene rings is 2. The van der Waals surface area contributed by atoms with Gasteiger partial charge in [-0.25, -0.2) is 4.68 Å². The van der Waals surface area contributed by atoms with Crippen LogP contribution in [0.25, 0.3) is 0 Å². The van der Waals surface area contributed by atoms with Gasteiger partial charge in [-0.3, -0.25) is 9.69 Å². The minimum Gasteiger partial charge on any atom is -0.471 e. The van der Waals surface area contributed by atoms with Gasteiger partial charge in [0.05, 0.1) is 0 Å². The Hall–Kier alpha value is -2.54. The number of aryl methyl sites for hydroxylation is 1. The van der Waals surface area contributed by atoms with Crippen molar-refractivity contribution in [1.82, 2.24) is 19.6 Å². The van der Waals surface area contributed by atoms with Gasteiger partial charge in [0.15, 0.2) is 12.4 Å². The van der Waals surface area contributed by atoms with Gasteiger partial charge in [-0.2, -0.15) is 5.10 Å². The third kappa shape index (κ3) is 5.58. The predicted octanol–water partition coefficient (Wildman–Crippen LogP) is 4.49. The van der Waals surface area contributed by atoms with E-state index in [-0.39, 0.29) is 12.6 Å². The first-order chi connectivity index (χ1) is 15.0. The minimum absolute atomic E-state index is 0.0520. The van der Waals surface area contributed by atoms with Crippen molar-refractivity contribution in [1.29, 1.82) is 0 Å². The van der Waals surface area contributed by atoms with Crippen molar-refractivity contribution in [3.63, 3.8) is 0 Å². The van der Waals surface area contributed by atoms with E-state index in [0.717, 1.165) is 36.0 Å². The highest BCUT2D eigenvalue weighted by Gasteiger charge is 2.23. The lowest BCUT2D eigenvalue weighted by atomic mass is 10.2. The molecule has 1 saturated heterocycles. The molecule has 1 aromatic heterocycles. The van der Waals surface area contributed by atoms with Crippen LogP contribution in [0.2, 0.25) is 10.0 Å². The van der Waals surface area contributed by atoms with Crippen LogP contribution < -0.4 is 4.74 Å². The van der Waals surface area contributed by atoms with Crippen LogP contribution in [-0.2, 0) is 13.3 Å². The van der Waals surface area contributed by atoms with E-state index in [1.807, 2.05) is 42.2 Å². The van der Waals surface area contributed by atoms with Crippen LogP contribution in [0.5, 0.6) is 5.75 Å². The highest BCUT2D eigenvalue weighted by molar-refractivity contribution is 6.30. The fourth-order valence-electron chi connectivity index (χ4n) is 3.62. The molecule has 3 aromatic rings. The molecule has 0 unspecified atom stereocenters. The molecule has 0 bridgehead atoms. The summed E-state index contributed by atoms with van der Waals surface area (Å²) in [6.45, 7) is 5.97. The summed E-state index contributed by atoms with van der Waals surface area (Å²) >= 11 is 12.1. The van der Waals surface area contributed by atoms with Crippen LogP contribution in [0.4, 0.5) is 0 Å². The molecule has 0 radical (unpaired) electrons. The van der Waals surface area contributed by atoms with Crippen molar-refractivity contribution in [3.05, 3.63) is 81.6 Å². The third-order valence-electron chi connectivity index (χ3n) is 5.30. The summed E-state index contributed by atoms with van der Waals surface area (Å²) < 4.78 is 7.42. The van der Waals surface area contributed by atoms with E-state index >= 15 is 0 Å². The molecule has 2 aromatic carbocycles. The molecule has 1 aliphatic heterocycles. The van der Waals surface area contributed by atoms with E-state index in [1.54, 1.807) is 23.0 Å². The molecule has 8 heteroatoms. The normalized spacial score (nSPS) is 14.6. The molecule has 2 heterocycles. The summed E-state index contributed by atoms with van der Waals surface area (Å²) in [5.41, 5.74) is 2.56. The summed E-state index contributed by atoms with van der Waals surface area (Å²) in [4.78, 5) is 17.0. The Morgan fingerprint density at radius 3 is 2.55 bits per heavy atom. The summed E-state index contributed by atoms with van der Waals surface area (Å²) in [5, 5.41) is 5.81. The molecule has 0 saturated carbocycles. The second kappa shape index (κ2) is 9.73. The summed E-state index contributed by atoms with van der Waals surface area (Å²) in [6, 6.07) is 15.1. The maximum atomic E-state index is 12.8. The SMILES string of the molecule is Cc1cc(Cl)ccc1OCn1ccc(C(=O)N2CCN(Cc3cccc(Cl)c3)CC2)n1. The van der Waals surface area contributed by atoms with Crippen LogP contribution in [0.1, 0.15) is 21.6 Å². The Bertz CT molecular complexity index is 1060. The number of nitrogens with zero attached hydrogens (tertiary/aromatic N) is 4. The number of rotatable bonds is 6. The Morgan fingerprint density at radius 2 is 1.81 bits per heavy atom. The molecule has 6 nitrogen and oxygen atoms in total. The van der Waals surface area contributed by atoms with E-state index in [9.17, 15) is 4.79 Å². The van der Waals surface area contributed by atoms with Crippen molar-refractivity contribution < 1.29 is 9.53 Å². The van der Waals surface area contributed by atoms with Crippen LogP contribution >= 0.6 is 23.2 Å². The fraction of sp³-hybridized carbons (Fsp3) is 0.304. The zero-order valence-electron chi connectivity index (χ0n) is 17.3. The van der Waals surface area contributed by atoms with Gasteiger partial charge in [0.25, 0.3) is 5.91 Å². The maximum Gasteiger partial charge on any atom is 0.274 e. The molecule has 0 aliphatic carbocycles. The predicted molar refractivity (Wildman–Crippen MR) is 122 cm³/mol. The van der Waals surface area contributed by atoms with Gasteiger partial charge < -0.3 is 9.64 Å². The van der Waals surface area contributed by atoms with Gasteiger partial charge in [0, 0.05) is 49.0 Å². The number of carbonyl (C=O) groups excluding carboxylic acids is 1. The average molecular weight is 459 g/mol. The van der Waals surface area contributed by atoms with Crippen molar-refractivity contribution in [3.8, 4) is 5.75 Å². The lowest BCUT2D eigenvalue weighted by molar-refractivity contribution is 0.0621. The highest BCUT2D eigenvalue weighted by Crippen LogP contribution is 2.22. The Morgan fingerprint density at radius 1 is 1.03 bits per heavy atom. The Balaban J connectivity index is 1.29. The van der Waals surface area contributed by atoms with E-state index < -0.39 is 0 Å². The van der Waals surface area contributed by atoms with Crippen LogP contribution in [0.3, 0.4) is 0 Å². The van der Waals surface area contributed by atoms with E-state index in [4.69, 9.17) is 27.9 Å². The summed E-state index contributed by atoms with van der Waals surface area (Å²) in [5.74, 6) is 0.687. The number of amides is 1. The first kappa shape index (κ1) is 21.7. The molecule has 31 heavy (non-hydrogen) atoms. The zero-order chi connectivity index (χ0) is 21.8. The molecule has 1 fully saturated rings. The molecule has 0 N–H and O–H groups in total.